The Labute approximate surface area is 151 Å². The second-order valence-corrected chi connectivity index (χ2v) is 6.39. The van der Waals surface area contributed by atoms with Gasteiger partial charge in [0, 0.05) is 6.42 Å². The topological polar surface area (TPSA) is 59.9 Å². The molecule has 0 saturated heterocycles. The molecule has 5 heteroatoms. The summed E-state index contributed by atoms with van der Waals surface area (Å²) in [5.74, 6) is 1.30. The molecule has 0 bridgehead atoms. The van der Waals surface area contributed by atoms with Crippen molar-refractivity contribution in [1.82, 2.24) is 5.43 Å². The van der Waals surface area contributed by atoms with Crippen LogP contribution in [-0.4, -0.2) is 25.3 Å². The van der Waals surface area contributed by atoms with Crippen molar-refractivity contribution >= 4 is 12.1 Å². The van der Waals surface area contributed by atoms with E-state index in [1.807, 2.05) is 32.0 Å². The quantitative estimate of drug-likeness (QED) is 0.339. The monoisotopic (exact) mass is 348 g/mol. The van der Waals surface area contributed by atoms with Gasteiger partial charge < -0.3 is 9.47 Å². The molecule has 1 rings (SSSR count). The molecule has 1 N–H and O–H groups in total. The molecule has 1 aromatic carbocycles. The number of benzene rings is 1. The van der Waals surface area contributed by atoms with Gasteiger partial charge in [0.25, 0.3) is 0 Å². The summed E-state index contributed by atoms with van der Waals surface area (Å²) in [6.07, 6.45) is 9.21. The third kappa shape index (κ3) is 9.13. The number of methoxy groups -OCH3 is 1. The van der Waals surface area contributed by atoms with Gasteiger partial charge in [-0.2, -0.15) is 5.10 Å². The molecule has 0 saturated carbocycles. The zero-order valence-corrected chi connectivity index (χ0v) is 16.0. The van der Waals surface area contributed by atoms with E-state index >= 15 is 0 Å². The second kappa shape index (κ2) is 12.3. The number of unbranched alkanes of at least 4 members (excludes halogenated alkanes) is 5. The molecular weight excluding hydrogens is 316 g/mol. The number of nitrogens with one attached hydrogen (secondary N) is 1. The van der Waals surface area contributed by atoms with Gasteiger partial charge in [0.05, 0.1) is 19.4 Å². The fourth-order valence-electron chi connectivity index (χ4n) is 2.42. The van der Waals surface area contributed by atoms with Crippen LogP contribution in [0.15, 0.2) is 23.3 Å². The van der Waals surface area contributed by atoms with Crippen LogP contribution in [0.4, 0.5) is 0 Å². The maximum absolute atomic E-state index is 11.8. The van der Waals surface area contributed by atoms with Crippen molar-refractivity contribution in [3.63, 3.8) is 0 Å². The number of nitrogens with zero attached hydrogens (tertiary/aromatic N) is 1. The Hall–Kier alpha value is -2.04. The number of amides is 1. The number of rotatable bonds is 12. The maximum Gasteiger partial charge on any atom is 0.240 e. The summed E-state index contributed by atoms with van der Waals surface area (Å²) in [4.78, 5) is 11.8. The van der Waals surface area contributed by atoms with Gasteiger partial charge in [-0.1, -0.05) is 39.0 Å². The highest BCUT2D eigenvalue weighted by molar-refractivity contribution is 5.83. The van der Waals surface area contributed by atoms with E-state index < -0.39 is 0 Å². The number of carbonyl (C=O) groups is 1. The van der Waals surface area contributed by atoms with Crippen LogP contribution in [0.2, 0.25) is 0 Å². The van der Waals surface area contributed by atoms with Crippen LogP contribution in [0.25, 0.3) is 0 Å². The Morgan fingerprint density at radius 1 is 1.16 bits per heavy atom. The molecule has 0 aromatic heterocycles. The third-order valence-corrected chi connectivity index (χ3v) is 3.71. The van der Waals surface area contributed by atoms with Gasteiger partial charge in [0.1, 0.15) is 0 Å². The predicted octanol–water partition coefficient (Wildman–Crippen LogP) is 4.68. The summed E-state index contributed by atoms with van der Waals surface area (Å²) in [6.45, 7) is 6.13. The summed E-state index contributed by atoms with van der Waals surface area (Å²) >= 11 is 0. The summed E-state index contributed by atoms with van der Waals surface area (Å²) < 4.78 is 11.0. The van der Waals surface area contributed by atoms with E-state index in [1.54, 1.807) is 13.3 Å². The minimum Gasteiger partial charge on any atom is -0.493 e. The van der Waals surface area contributed by atoms with Gasteiger partial charge in [-0.3, -0.25) is 4.79 Å². The molecule has 0 aliphatic heterocycles. The maximum atomic E-state index is 11.8. The fraction of sp³-hybridized carbons (Fsp3) is 0.600. The summed E-state index contributed by atoms with van der Waals surface area (Å²) in [7, 11) is 1.60. The molecule has 0 aliphatic rings. The zero-order valence-electron chi connectivity index (χ0n) is 16.0. The first-order chi connectivity index (χ1) is 12.1. The van der Waals surface area contributed by atoms with E-state index in [2.05, 4.69) is 17.5 Å². The minimum atomic E-state index is -0.0431. The number of hydrogen-bond acceptors (Lipinski definition) is 4. The molecule has 0 radical (unpaired) electrons. The van der Waals surface area contributed by atoms with Crippen molar-refractivity contribution in [2.24, 2.45) is 5.10 Å². The summed E-state index contributed by atoms with van der Waals surface area (Å²) in [5.41, 5.74) is 3.42. The lowest BCUT2D eigenvalue weighted by Crippen LogP contribution is -2.16. The third-order valence-electron chi connectivity index (χ3n) is 3.71. The standard InChI is InChI=1S/C20H32N2O3/c1-5-6-7-8-9-10-11-20(23)22-21-15-17-12-13-18(25-16(2)3)19(14-17)24-4/h12-16H,5-11H2,1-4H3,(H,22,23)/b21-15-. The Kier molecular flexibility index (Phi) is 10.4. The van der Waals surface area contributed by atoms with Gasteiger partial charge in [0.15, 0.2) is 11.5 Å². The van der Waals surface area contributed by atoms with Crippen LogP contribution >= 0.6 is 0 Å². The van der Waals surface area contributed by atoms with Crippen LogP contribution in [0.1, 0.15) is 71.3 Å². The van der Waals surface area contributed by atoms with E-state index in [1.165, 1.54) is 25.7 Å². The molecule has 1 aromatic rings. The highest BCUT2D eigenvalue weighted by atomic mass is 16.5. The molecule has 140 valence electrons. The predicted molar refractivity (Wildman–Crippen MR) is 102 cm³/mol. The Morgan fingerprint density at radius 3 is 2.56 bits per heavy atom. The largest absolute Gasteiger partial charge is 0.493 e. The smallest absolute Gasteiger partial charge is 0.240 e. The summed E-state index contributed by atoms with van der Waals surface area (Å²) in [5, 5.41) is 4.01. The zero-order chi connectivity index (χ0) is 18.5. The SMILES string of the molecule is CCCCCCCCC(=O)N/N=C\c1ccc(OC(C)C)c(OC)c1. The normalized spacial score (nSPS) is 11.1. The van der Waals surface area contributed by atoms with Crippen molar-refractivity contribution in [2.75, 3.05) is 7.11 Å². The molecule has 0 unspecified atom stereocenters. The van der Waals surface area contributed by atoms with Crippen molar-refractivity contribution in [3.05, 3.63) is 23.8 Å². The average Bonchev–Trinajstić information content (AvgIpc) is 2.58. The lowest BCUT2D eigenvalue weighted by atomic mass is 10.1. The Morgan fingerprint density at radius 2 is 1.88 bits per heavy atom. The van der Waals surface area contributed by atoms with E-state index in [4.69, 9.17) is 9.47 Å². The summed E-state index contributed by atoms with van der Waals surface area (Å²) in [6, 6.07) is 5.56. The molecule has 1 amide bonds. The molecule has 0 aliphatic carbocycles. The van der Waals surface area contributed by atoms with Crippen LogP contribution in [0.3, 0.4) is 0 Å². The molecule has 0 heterocycles. The first kappa shape index (κ1) is 21.0. The Balaban J connectivity index is 2.38. The molecule has 5 nitrogen and oxygen atoms in total. The van der Waals surface area contributed by atoms with E-state index in [0.29, 0.717) is 17.9 Å². The van der Waals surface area contributed by atoms with Crippen LogP contribution < -0.4 is 14.9 Å². The van der Waals surface area contributed by atoms with Crippen LogP contribution in [-0.2, 0) is 4.79 Å². The molecular formula is C20H32N2O3. The van der Waals surface area contributed by atoms with Crippen molar-refractivity contribution in [3.8, 4) is 11.5 Å². The van der Waals surface area contributed by atoms with Gasteiger partial charge in [-0.25, -0.2) is 5.43 Å². The molecule has 0 atom stereocenters. The number of carbonyl (C=O) groups excluding carboxylic acids is 1. The van der Waals surface area contributed by atoms with Crippen LogP contribution in [0, 0.1) is 0 Å². The van der Waals surface area contributed by atoms with E-state index in [-0.39, 0.29) is 12.0 Å². The Bertz CT molecular complexity index is 542. The second-order valence-electron chi connectivity index (χ2n) is 6.39. The lowest BCUT2D eigenvalue weighted by Gasteiger charge is -2.13. The fourth-order valence-corrected chi connectivity index (χ4v) is 2.42. The van der Waals surface area contributed by atoms with Gasteiger partial charge in [-0.15, -0.1) is 0 Å². The highest BCUT2D eigenvalue weighted by Gasteiger charge is 2.06. The number of hydrogen-bond donors (Lipinski definition) is 1. The number of hydrazone groups is 1. The van der Waals surface area contributed by atoms with Crippen molar-refractivity contribution in [1.29, 1.82) is 0 Å². The van der Waals surface area contributed by atoms with Crippen molar-refractivity contribution < 1.29 is 14.3 Å². The van der Waals surface area contributed by atoms with E-state index in [0.717, 1.165) is 18.4 Å². The van der Waals surface area contributed by atoms with Gasteiger partial charge in [-0.05, 0) is 44.0 Å². The lowest BCUT2D eigenvalue weighted by molar-refractivity contribution is -0.121. The van der Waals surface area contributed by atoms with Crippen LogP contribution in [0.5, 0.6) is 11.5 Å². The molecule has 0 fully saturated rings. The average molecular weight is 348 g/mol. The molecule has 0 spiro atoms. The first-order valence-electron chi connectivity index (χ1n) is 9.23. The first-order valence-corrected chi connectivity index (χ1v) is 9.23. The highest BCUT2D eigenvalue weighted by Crippen LogP contribution is 2.28. The van der Waals surface area contributed by atoms with E-state index in [9.17, 15) is 4.79 Å². The van der Waals surface area contributed by atoms with Gasteiger partial charge in [0.2, 0.25) is 5.91 Å². The van der Waals surface area contributed by atoms with Crippen molar-refractivity contribution in [2.45, 2.75) is 71.8 Å². The molecule has 25 heavy (non-hydrogen) atoms. The number of ether oxygens (including phenoxy) is 2. The van der Waals surface area contributed by atoms with Gasteiger partial charge >= 0.3 is 0 Å². The minimum absolute atomic E-state index is 0.0431.